The molecular weight excluding hydrogens is 264 g/mol. The van der Waals surface area contributed by atoms with Crippen molar-refractivity contribution in [2.45, 2.75) is 31.2 Å². The van der Waals surface area contributed by atoms with Gasteiger partial charge in [-0.25, -0.2) is 8.78 Å². The Morgan fingerprint density at radius 2 is 2.20 bits per heavy atom. The summed E-state index contributed by atoms with van der Waals surface area (Å²) in [7, 11) is 0. The minimum atomic E-state index is -0.602. The lowest BCUT2D eigenvalue weighted by Crippen LogP contribution is -2.38. The van der Waals surface area contributed by atoms with Crippen molar-refractivity contribution < 1.29 is 18.7 Å². The predicted molar refractivity (Wildman–Crippen MR) is 69.0 cm³/mol. The molecule has 0 unspecified atom stereocenters. The van der Waals surface area contributed by atoms with Gasteiger partial charge in [0.2, 0.25) is 5.91 Å². The molecule has 1 aromatic rings. The first-order valence-corrected chi connectivity index (χ1v) is 6.98. The third-order valence-electron chi connectivity index (χ3n) is 4.34. The van der Waals surface area contributed by atoms with Gasteiger partial charge in [0.25, 0.3) is 0 Å². The molecule has 1 saturated heterocycles. The number of carbonyl (C=O) groups excluding carboxylic acids is 1. The lowest BCUT2D eigenvalue weighted by Gasteiger charge is -2.23. The summed E-state index contributed by atoms with van der Waals surface area (Å²) in [6.07, 6.45) is 2.33. The van der Waals surface area contributed by atoms with Gasteiger partial charge in [0, 0.05) is 18.5 Å². The van der Waals surface area contributed by atoms with Crippen LogP contribution in [0.4, 0.5) is 8.78 Å². The van der Waals surface area contributed by atoms with E-state index in [1.54, 1.807) is 4.90 Å². The molecule has 1 N–H and O–H groups in total. The van der Waals surface area contributed by atoms with E-state index in [1.165, 1.54) is 12.1 Å². The summed E-state index contributed by atoms with van der Waals surface area (Å²) in [6, 6.07) is 3.42. The van der Waals surface area contributed by atoms with Crippen molar-refractivity contribution in [1.82, 2.24) is 4.90 Å². The highest BCUT2D eigenvalue weighted by atomic mass is 19.1. The SMILES string of the molecule is O=C([C@@H]1C[C@H]1c1ccc(F)cc1F)N1CCC[C@H]1CO. The summed E-state index contributed by atoms with van der Waals surface area (Å²) in [5.41, 5.74) is 0.421. The van der Waals surface area contributed by atoms with E-state index in [2.05, 4.69) is 0 Å². The molecule has 0 radical (unpaired) electrons. The topological polar surface area (TPSA) is 40.5 Å². The van der Waals surface area contributed by atoms with E-state index in [0.29, 0.717) is 18.5 Å². The van der Waals surface area contributed by atoms with E-state index in [0.717, 1.165) is 18.9 Å². The number of hydrogen-bond donors (Lipinski definition) is 1. The third-order valence-corrected chi connectivity index (χ3v) is 4.34. The van der Waals surface area contributed by atoms with Gasteiger partial charge in [-0.05, 0) is 36.8 Å². The number of rotatable bonds is 3. The molecule has 1 aliphatic carbocycles. The van der Waals surface area contributed by atoms with Gasteiger partial charge < -0.3 is 10.0 Å². The van der Waals surface area contributed by atoms with Crippen molar-refractivity contribution in [2.24, 2.45) is 5.92 Å². The van der Waals surface area contributed by atoms with Gasteiger partial charge in [0.15, 0.2) is 0 Å². The maximum Gasteiger partial charge on any atom is 0.226 e. The molecule has 1 amide bonds. The Hall–Kier alpha value is -1.49. The van der Waals surface area contributed by atoms with Crippen molar-refractivity contribution in [3.63, 3.8) is 0 Å². The number of carbonyl (C=O) groups is 1. The van der Waals surface area contributed by atoms with Gasteiger partial charge in [-0.2, -0.15) is 0 Å². The van der Waals surface area contributed by atoms with Crippen LogP contribution in [0, 0.1) is 17.6 Å². The third kappa shape index (κ3) is 2.30. The van der Waals surface area contributed by atoms with Gasteiger partial charge in [-0.15, -0.1) is 0 Å². The number of nitrogens with zero attached hydrogens (tertiary/aromatic N) is 1. The molecule has 20 heavy (non-hydrogen) atoms. The van der Waals surface area contributed by atoms with E-state index in [4.69, 9.17) is 0 Å². The summed E-state index contributed by atoms with van der Waals surface area (Å²) in [6.45, 7) is 0.646. The van der Waals surface area contributed by atoms with Crippen molar-refractivity contribution in [1.29, 1.82) is 0 Å². The van der Waals surface area contributed by atoms with Crippen LogP contribution in [0.3, 0.4) is 0 Å². The molecule has 0 aromatic heterocycles. The van der Waals surface area contributed by atoms with E-state index < -0.39 is 11.6 Å². The van der Waals surface area contributed by atoms with Gasteiger partial charge in [0.05, 0.1) is 12.6 Å². The zero-order chi connectivity index (χ0) is 14.3. The van der Waals surface area contributed by atoms with Crippen molar-refractivity contribution in [3.8, 4) is 0 Å². The molecule has 1 saturated carbocycles. The maximum atomic E-state index is 13.7. The van der Waals surface area contributed by atoms with Gasteiger partial charge in [0.1, 0.15) is 11.6 Å². The van der Waals surface area contributed by atoms with Gasteiger partial charge in [-0.1, -0.05) is 6.07 Å². The minimum absolute atomic E-state index is 0.00437. The molecule has 1 aromatic carbocycles. The van der Waals surface area contributed by atoms with E-state index in [-0.39, 0.29) is 30.4 Å². The summed E-state index contributed by atoms with van der Waals surface area (Å²) < 4.78 is 26.6. The number of amides is 1. The van der Waals surface area contributed by atoms with Crippen LogP contribution < -0.4 is 0 Å². The Balaban J connectivity index is 1.71. The Kier molecular flexibility index (Phi) is 3.46. The largest absolute Gasteiger partial charge is 0.394 e. The molecule has 3 atom stereocenters. The molecule has 0 bridgehead atoms. The zero-order valence-corrected chi connectivity index (χ0v) is 11.1. The first-order chi connectivity index (χ1) is 9.61. The molecule has 2 aliphatic rings. The average molecular weight is 281 g/mol. The molecular formula is C15H17F2NO2. The molecule has 2 fully saturated rings. The van der Waals surface area contributed by atoms with Crippen LogP contribution in [0.5, 0.6) is 0 Å². The van der Waals surface area contributed by atoms with E-state index in [1.807, 2.05) is 0 Å². The second-order valence-electron chi connectivity index (χ2n) is 5.62. The van der Waals surface area contributed by atoms with E-state index in [9.17, 15) is 18.7 Å². The van der Waals surface area contributed by atoms with Crippen molar-refractivity contribution >= 4 is 5.91 Å². The standard InChI is InChI=1S/C15H17F2NO2/c16-9-3-4-11(14(17)6-9)12-7-13(12)15(20)18-5-1-2-10(18)8-19/h3-4,6,10,12-13,19H,1-2,5,7-8H2/t10-,12-,13+/m0/s1. The number of likely N-dealkylation sites (tertiary alicyclic amines) is 1. The minimum Gasteiger partial charge on any atom is -0.394 e. The Bertz CT molecular complexity index is 535. The number of benzene rings is 1. The molecule has 0 spiro atoms. The molecule has 1 heterocycles. The highest BCUT2D eigenvalue weighted by molar-refractivity contribution is 5.83. The summed E-state index contributed by atoms with van der Waals surface area (Å²) in [5.74, 6) is -1.56. The smallest absolute Gasteiger partial charge is 0.226 e. The first kappa shape index (κ1) is 13.5. The Labute approximate surface area is 116 Å². The monoisotopic (exact) mass is 281 g/mol. The summed E-state index contributed by atoms with van der Waals surface area (Å²) >= 11 is 0. The fourth-order valence-electron chi connectivity index (χ4n) is 3.14. The fourth-order valence-corrected chi connectivity index (χ4v) is 3.14. The molecule has 3 rings (SSSR count). The average Bonchev–Trinajstić information content (AvgIpc) is 3.06. The Morgan fingerprint density at radius 3 is 2.90 bits per heavy atom. The van der Waals surface area contributed by atoms with Crippen LogP contribution in [-0.4, -0.2) is 35.1 Å². The van der Waals surface area contributed by atoms with Crippen LogP contribution in [-0.2, 0) is 4.79 Å². The molecule has 108 valence electrons. The highest BCUT2D eigenvalue weighted by Gasteiger charge is 2.48. The van der Waals surface area contributed by atoms with E-state index >= 15 is 0 Å². The van der Waals surface area contributed by atoms with Crippen LogP contribution in [0.25, 0.3) is 0 Å². The molecule has 5 heteroatoms. The summed E-state index contributed by atoms with van der Waals surface area (Å²) in [4.78, 5) is 14.1. The van der Waals surface area contributed by atoms with Gasteiger partial charge in [-0.3, -0.25) is 4.79 Å². The van der Waals surface area contributed by atoms with Crippen LogP contribution in [0.15, 0.2) is 18.2 Å². The lowest BCUT2D eigenvalue weighted by atomic mass is 10.1. The van der Waals surface area contributed by atoms with Crippen molar-refractivity contribution in [3.05, 3.63) is 35.4 Å². The number of hydrogen-bond acceptors (Lipinski definition) is 2. The van der Waals surface area contributed by atoms with Crippen molar-refractivity contribution in [2.75, 3.05) is 13.2 Å². The van der Waals surface area contributed by atoms with Gasteiger partial charge >= 0.3 is 0 Å². The van der Waals surface area contributed by atoms with Crippen LogP contribution >= 0.6 is 0 Å². The predicted octanol–water partition coefficient (Wildman–Crippen LogP) is 2.05. The maximum absolute atomic E-state index is 13.7. The van der Waals surface area contributed by atoms with Crippen LogP contribution in [0.2, 0.25) is 0 Å². The normalized spacial score (nSPS) is 28.8. The number of aliphatic hydroxyl groups excluding tert-OH is 1. The molecule has 1 aliphatic heterocycles. The number of aliphatic hydroxyl groups is 1. The second-order valence-corrected chi connectivity index (χ2v) is 5.62. The Morgan fingerprint density at radius 1 is 1.40 bits per heavy atom. The summed E-state index contributed by atoms with van der Waals surface area (Å²) in [5, 5.41) is 9.25. The number of halogens is 2. The lowest BCUT2D eigenvalue weighted by molar-refractivity contribution is -0.134. The first-order valence-electron chi connectivity index (χ1n) is 6.98. The zero-order valence-electron chi connectivity index (χ0n) is 11.1. The van der Waals surface area contributed by atoms with Crippen LogP contribution in [0.1, 0.15) is 30.7 Å². The highest BCUT2D eigenvalue weighted by Crippen LogP contribution is 2.49. The second kappa shape index (κ2) is 5.13. The fraction of sp³-hybridized carbons (Fsp3) is 0.533. The molecule has 3 nitrogen and oxygen atoms in total. The quantitative estimate of drug-likeness (QED) is 0.921.